The van der Waals surface area contributed by atoms with Crippen LogP contribution in [0.2, 0.25) is 0 Å². The van der Waals surface area contributed by atoms with Crippen LogP contribution >= 0.6 is 0 Å². The van der Waals surface area contributed by atoms with E-state index >= 15 is 0 Å². The fraction of sp³-hybridized carbons (Fsp3) is 0.500. The van der Waals surface area contributed by atoms with Crippen molar-refractivity contribution in [1.82, 2.24) is 14.7 Å². The molecule has 1 rings (SSSR count). The number of hydrogen-bond donors (Lipinski definition) is 2. The monoisotopic (exact) mass is 284 g/mol. The topological polar surface area (TPSA) is 98.0 Å². The summed E-state index contributed by atoms with van der Waals surface area (Å²) in [4.78, 5) is 6.56. The molecule has 0 amide bonds. The molecule has 1 unspecified atom stereocenters. The number of nitrogens with zero attached hydrogens (tertiary/aromatic N) is 2. The van der Waals surface area contributed by atoms with Crippen LogP contribution in [0.5, 0.6) is 0 Å². The number of halogens is 3. The number of nitrogens with two attached hydrogens (primary N) is 1. The molecule has 0 saturated heterocycles. The van der Waals surface area contributed by atoms with E-state index in [0.717, 1.165) is 19.3 Å². The molecule has 0 bridgehead atoms. The summed E-state index contributed by atoms with van der Waals surface area (Å²) in [6.45, 7) is 1.11. The van der Waals surface area contributed by atoms with Gasteiger partial charge in [0.15, 0.2) is 0 Å². The first-order valence-electron chi connectivity index (χ1n) is 4.77. The van der Waals surface area contributed by atoms with Crippen LogP contribution in [0.3, 0.4) is 0 Å². The normalized spacial score (nSPS) is 14.4. The summed E-state index contributed by atoms with van der Waals surface area (Å²) < 4.78 is 61.3. The first kappa shape index (κ1) is 14.6. The van der Waals surface area contributed by atoms with Gasteiger partial charge >= 0.3 is 6.18 Å². The number of rotatable bonds is 4. The predicted octanol–water partition coefficient (Wildman–Crippen LogP) is 0.678. The zero-order valence-electron chi connectivity index (χ0n) is 9.27. The number of hydrogen-bond acceptors (Lipinski definition) is 5. The van der Waals surface area contributed by atoms with E-state index in [9.17, 15) is 21.6 Å². The van der Waals surface area contributed by atoms with Crippen LogP contribution in [-0.2, 0) is 10.0 Å². The number of aromatic nitrogens is 2. The lowest BCUT2D eigenvalue weighted by Crippen LogP contribution is -2.36. The van der Waals surface area contributed by atoms with Crippen molar-refractivity contribution >= 4 is 16.0 Å². The first-order chi connectivity index (χ1) is 8.10. The smallest absolute Gasteiger partial charge is 0.368 e. The van der Waals surface area contributed by atoms with Crippen molar-refractivity contribution in [2.75, 3.05) is 5.73 Å². The summed E-state index contributed by atoms with van der Waals surface area (Å²) in [5, 5.41) is 0. The number of nitrogen functional groups attached to an aromatic ring is 1. The van der Waals surface area contributed by atoms with Crippen molar-refractivity contribution in [3.63, 3.8) is 0 Å². The standard InChI is InChI=1S/C8H11F3N4O2S/c1-5(2-8(9,10)11)15-18(16,17)6-3-13-7(12)14-4-6/h3-5,15H,2H2,1H3,(H2,12,13,14). The summed E-state index contributed by atoms with van der Waals surface area (Å²) in [6.07, 6.45) is -3.86. The minimum atomic E-state index is -4.44. The second-order valence-corrected chi connectivity index (χ2v) is 5.33. The molecule has 6 nitrogen and oxygen atoms in total. The zero-order valence-corrected chi connectivity index (χ0v) is 10.1. The lowest BCUT2D eigenvalue weighted by atomic mass is 10.2. The van der Waals surface area contributed by atoms with Crippen LogP contribution < -0.4 is 10.5 Å². The van der Waals surface area contributed by atoms with Gasteiger partial charge in [0.25, 0.3) is 0 Å². The Morgan fingerprint density at radius 2 is 1.89 bits per heavy atom. The molecule has 10 heteroatoms. The van der Waals surface area contributed by atoms with Gasteiger partial charge in [-0.05, 0) is 6.92 Å². The minimum Gasteiger partial charge on any atom is -0.368 e. The van der Waals surface area contributed by atoms with Crippen molar-refractivity contribution in [3.8, 4) is 0 Å². The second-order valence-electron chi connectivity index (χ2n) is 3.62. The molecule has 0 spiro atoms. The molecule has 0 aliphatic carbocycles. The molecule has 0 aliphatic heterocycles. The van der Waals surface area contributed by atoms with Gasteiger partial charge in [-0.15, -0.1) is 0 Å². The second kappa shape index (κ2) is 5.06. The lowest BCUT2D eigenvalue weighted by molar-refractivity contribution is -0.137. The highest BCUT2D eigenvalue weighted by atomic mass is 32.2. The number of sulfonamides is 1. The van der Waals surface area contributed by atoms with E-state index in [0.29, 0.717) is 0 Å². The molecule has 3 N–H and O–H groups in total. The lowest BCUT2D eigenvalue weighted by Gasteiger charge is -2.15. The Morgan fingerprint density at radius 3 is 2.33 bits per heavy atom. The summed E-state index contributed by atoms with van der Waals surface area (Å²) >= 11 is 0. The molecule has 0 aliphatic rings. The third-order valence-corrected chi connectivity index (χ3v) is 3.40. The van der Waals surface area contributed by atoms with E-state index in [1.165, 1.54) is 0 Å². The SMILES string of the molecule is CC(CC(F)(F)F)NS(=O)(=O)c1cnc(N)nc1. The van der Waals surface area contributed by atoms with Crippen LogP contribution in [0.25, 0.3) is 0 Å². The molecule has 0 radical (unpaired) electrons. The highest BCUT2D eigenvalue weighted by Gasteiger charge is 2.32. The molecular formula is C8H11F3N4O2S. The molecule has 0 fully saturated rings. The fourth-order valence-electron chi connectivity index (χ4n) is 1.19. The van der Waals surface area contributed by atoms with Crippen molar-refractivity contribution in [3.05, 3.63) is 12.4 Å². The van der Waals surface area contributed by atoms with Crippen molar-refractivity contribution in [2.45, 2.75) is 30.5 Å². The molecule has 1 aromatic heterocycles. The van der Waals surface area contributed by atoms with E-state index < -0.39 is 28.7 Å². The minimum absolute atomic E-state index is 0.128. The van der Waals surface area contributed by atoms with Crippen LogP contribution in [0, 0.1) is 0 Å². The zero-order chi connectivity index (χ0) is 14.0. The Balaban J connectivity index is 2.79. The Kier molecular flexibility index (Phi) is 4.12. The van der Waals surface area contributed by atoms with Gasteiger partial charge in [0.2, 0.25) is 16.0 Å². The van der Waals surface area contributed by atoms with Crippen LogP contribution in [0.4, 0.5) is 19.1 Å². The Labute approximate surface area is 101 Å². The molecule has 0 saturated carbocycles. The molecule has 1 aromatic rings. The third-order valence-electron chi connectivity index (χ3n) is 1.85. The molecule has 102 valence electrons. The molecule has 0 aromatic carbocycles. The number of nitrogens with one attached hydrogen (secondary N) is 1. The van der Waals surface area contributed by atoms with E-state index in [4.69, 9.17) is 5.73 Å². The summed E-state index contributed by atoms with van der Waals surface area (Å²) in [5.41, 5.74) is 5.17. The molecule has 1 atom stereocenters. The van der Waals surface area contributed by atoms with Gasteiger partial charge in [-0.2, -0.15) is 13.2 Å². The van der Waals surface area contributed by atoms with Gasteiger partial charge in [-0.1, -0.05) is 0 Å². The van der Waals surface area contributed by atoms with Crippen LogP contribution in [0.1, 0.15) is 13.3 Å². The predicted molar refractivity (Wildman–Crippen MR) is 56.9 cm³/mol. The maximum Gasteiger partial charge on any atom is 0.390 e. The fourth-order valence-corrected chi connectivity index (χ4v) is 2.32. The maximum absolute atomic E-state index is 12.1. The van der Waals surface area contributed by atoms with Crippen molar-refractivity contribution < 1.29 is 21.6 Å². The van der Waals surface area contributed by atoms with Gasteiger partial charge < -0.3 is 5.73 Å². The highest BCUT2D eigenvalue weighted by molar-refractivity contribution is 7.89. The Morgan fingerprint density at radius 1 is 1.39 bits per heavy atom. The summed E-state index contributed by atoms with van der Waals surface area (Å²) in [6, 6.07) is -1.28. The van der Waals surface area contributed by atoms with Crippen LogP contribution in [-0.4, -0.2) is 30.6 Å². The van der Waals surface area contributed by atoms with E-state index in [1.807, 2.05) is 4.72 Å². The summed E-state index contributed by atoms with van der Waals surface area (Å²) in [5.74, 6) is -0.128. The quantitative estimate of drug-likeness (QED) is 0.847. The van der Waals surface area contributed by atoms with Gasteiger partial charge in [-0.3, -0.25) is 0 Å². The highest BCUT2D eigenvalue weighted by Crippen LogP contribution is 2.22. The number of alkyl halides is 3. The van der Waals surface area contributed by atoms with Crippen molar-refractivity contribution in [1.29, 1.82) is 0 Å². The Hall–Kier alpha value is -1.42. The third kappa shape index (κ3) is 4.45. The molecular weight excluding hydrogens is 273 g/mol. The van der Waals surface area contributed by atoms with Crippen molar-refractivity contribution in [2.24, 2.45) is 0 Å². The van der Waals surface area contributed by atoms with E-state index in [2.05, 4.69) is 9.97 Å². The largest absolute Gasteiger partial charge is 0.390 e. The van der Waals surface area contributed by atoms with E-state index in [-0.39, 0.29) is 10.8 Å². The van der Waals surface area contributed by atoms with Gasteiger partial charge in [0, 0.05) is 6.04 Å². The Bertz CT molecular complexity index is 500. The molecule has 18 heavy (non-hydrogen) atoms. The van der Waals surface area contributed by atoms with E-state index in [1.54, 1.807) is 0 Å². The molecule has 1 heterocycles. The maximum atomic E-state index is 12.1. The summed E-state index contributed by atoms with van der Waals surface area (Å²) in [7, 11) is -4.08. The van der Waals surface area contributed by atoms with Crippen LogP contribution in [0.15, 0.2) is 17.3 Å². The first-order valence-corrected chi connectivity index (χ1v) is 6.25. The average Bonchev–Trinajstić information content (AvgIpc) is 2.13. The van der Waals surface area contributed by atoms with Gasteiger partial charge in [0.05, 0.1) is 18.8 Å². The number of anilines is 1. The van der Waals surface area contributed by atoms with Gasteiger partial charge in [-0.25, -0.2) is 23.1 Å². The van der Waals surface area contributed by atoms with Gasteiger partial charge in [0.1, 0.15) is 4.90 Å². The average molecular weight is 284 g/mol.